The number of hydrogen-bond acceptors (Lipinski definition) is 3. The van der Waals surface area contributed by atoms with Gasteiger partial charge in [0.2, 0.25) is 0 Å². The van der Waals surface area contributed by atoms with Crippen molar-refractivity contribution in [3.8, 4) is 11.8 Å². The lowest BCUT2D eigenvalue weighted by Crippen LogP contribution is -1.98. The Kier molecular flexibility index (Phi) is 3.21. The number of aryl methyl sites for hydroxylation is 1. The van der Waals surface area contributed by atoms with Crippen LogP contribution in [-0.2, 0) is 6.42 Å². The number of Topliss-reactive ketones (excluding diaryl/α,β-unsaturated/α-hetero) is 1. The first-order chi connectivity index (χ1) is 7.81. The highest BCUT2D eigenvalue weighted by molar-refractivity contribution is 6.00. The number of ether oxygens (including phenoxy) is 1. The van der Waals surface area contributed by atoms with E-state index in [2.05, 4.69) is 6.07 Å². The van der Waals surface area contributed by atoms with Crippen molar-refractivity contribution in [2.24, 2.45) is 0 Å². The molecule has 0 saturated carbocycles. The molecule has 0 heterocycles. The Hall–Kier alpha value is -1.82. The molecule has 1 aromatic rings. The minimum atomic E-state index is 0.228. The van der Waals surface area contributed by atoms with Gasteiger partial charge < -0.3 is 4.74 Å². The lowest BCUT2D eigenvalue weighted by Gasteiger charge is -2.06. The van der Waals surface area contributed by atoms with Gasteiger partial charge in [0.15, 0.2) is 5.78 Å². The van der Waals surface area contributed by atoms with Gasteiger partial charge in [0, 0.05) is 18.4 Å². The van der Waals surface area contributed by atoms with Gasteiger partial charge in [-0.1, -0.05) is 0 Å². The number of benzene rings is 1. The van der Waals surface area contributed by atoms with Crippen molar-refractivity contribution in [1.82, 2.24) is 0 Å². The van der Waals surface area contributed by atoms with Crippen molar-refractivity contribution < 1.29 is 9.53 Å². The average molecular weight is 215 g/mol. The molecule has 0 N–H and O–H groups in total. The fraction of sp³-hybridized carbons (Fsp3) is 0.385. The first-order valence-corrected chi connectivity index (χ1v) is 5.47. The van der Waals surface area contributed by atoms with Gasteiger partial charge in [-0.05, 0) is 36.6 Å². The summed E-state index contributed by atoms with van der Waals surface area (Å²) in [5.41, 5.74) is 1.92. The van der Waals surface area contributed by atoms with Crippen LogP contribution < -0.4 is 4.74 Å². The lowest BCUT2D eigenvalue weighted by molar-refractivity contribution is 0.0994. The molecule has 82 valence electrons. The summed E-state index contributed by atoms with van der Waals surface area (Å²) in [6.07, 6.45) is 2.70. The maximum atomic E-state index is 11.4. The number of ketones is 1. The molecule has 16 heavy (non-hydrogen) atoms. The van der Waals surface area contributed by atoms with Crippen LogP contribution in [0.5, 0.6) is 5.75 Å². The van der Waals surface area contributed by atoms with Gasteiger partial charge in [-0.25, -0.2) is 0 Å². The first-order valence-electron chi connectivity index (χ1n) is 5.47. The summed E-state index contributed by atoms with van der Waals surface area (Å²) >= 11 is 0. The van der Waals surface area contributed by atoms with Crippen LogP contribution in [0.3, 0.4) is 0 Å². The maximum absolute atomic E-state index is 11.4. The zero-order valence-electron chi connectivity index (χ0n) is 9.03. The van der Waals surface area contributed by atoms with E-state index in [0.717, 1.165) is 29.7 Å². The molecule has 0 saturated heterocycles. The van der Waals surface area contributed by atoms with E-state index in [-0.39, 0.29) is 5.78 Å². The fourth-order valence-corrected chi connectivity index (χ4v) is 1.86. The average Bonchev–Trinajstić information content (AvgIpc) is 2.66. The highest BCUT2D eigenvalue weighted by Gasteiger charge is 2.19. The highest BCUT2D eigenvalue weighted by atomic mass is 16.5. The predicted molar refractivity (Wildman–Crippen MR) is 59.4 cm³/mol. The van der Waals surface area contributed by atoms with Crippen molar-refractivity contribution in [2.75, 3.05) is 6.61 Å². The highest BCUT2D eigenvalue weighted by Crippen LogP contribution is 2.26. The van der Waals surface area contributed by atoms with E-state index in [0.29, 0.717) is 19.4 Å². The van der Waals surface area contributed by atoms with Crippen LogP contribution in [0.15, 0.2) is 18.2 Å². The molecule has 0 spiro atoms. The van der Waals surface area contributed by atoms with Gasteiger partial charge in [0.05, 0.1) is 12.7 Å². The Bertz CT molecular complexity index is 446. The first kappa shape index (κ1) is 10.7. The van der Waals surface area contributed by atoms with E-state index in [1.807, 2.05) is 18.2 Å². The molecule has 1 aromatic carbocycles. The van der Waals surface area contributed by atoms with Gasteiger partial charge in [-0.3, -0.25) is 4.79 Å². The molecule has 0 fully saturated rings. The molecule has 0 bridgehead atoms. The van der Waals surface area contributed by atoms with Gasteiger partial charge in [0.25, 0.3) is 0 Å². The zero-order valence-corrected chi connectivity index (χ0v) is 9.03. The summed E-state index contributed by atoms with van der Waals surface area (Å²) in [6.45, 7) is 0.556. The molecule has 0 unspecified atom stereocenters. The number of nitrogens with zero attached hydrogens (tertiary/aromatic N) is 1. The molecule has 0 atom stereocenters. The predicted octanol–water partition coefficient (Wildman–Crippen LogP) is 2.50. The molecule has 0 radical (unpaired) electrons. The van der Waals surface area contributed by atoms with Crippen LogP contribution in [0.25, 0.3) is 0 Å². The Morgan fingerprint density at radius 1 is 1.38 bits per heavy atom. The summed E-state index contributed by atoms with van der Waals surface area (Å²) < 4.78 is 5.51. The van der Waals surface area contributed by atoms with Crippen LogP contribution in [0, 0.1) is 11.3 Å². The minimum absolute atomic E-state index is 0.228. The second kappa shape index (κ2) is 4.80. The van der Waals surface area contributed by atoms with Crippen LogP contribution in [0.1, 0.15) is 35.2 Å². The van der Waals surface area contributed by atoms with E-state index in [1.165, 1.54) is 0 Å². The summed E-state index contributed by atoms with van der Waals surface area (Å²) in [5.74, 6) is 1.03. The van der Waals surface area contributed by atoms with Crippen molar-refractivity contribution >= 4 is 5.78 Å². The summed E-state index contributed by atoms with van der Waals surface area (Å²) in [5, 5.41) is 8.38. The number of nitriles is 1. The number of hydrogen-bond donors (Lipinski definition) is 0. The normalized spacial score (nSPS) is 13.3. The molecular weight excluding hydrogens is 202 g/mol. The van der Waals surface area contributed by atoms with E-state index in [9.17, 15) is 4.79 Å². The van der Waals surface area contributed by atoms with E-state index in [4.69, 9.17) is 10.00 Å². The maximum Gasteiger partial charge on any atom is 0.163 e. The standard InChI is InChI=1S/C13H13NO2/c14-7-1-2-8-16-11-4-5-12-10(9-11)3-6-13(12)15/h4-5,9H,1-3,6,8H2. The molecule has 1 aliphatic carbocycles. The number of carbonyl (C=O) groups is 1. The second-order valence-corrected chi connectivity index (χ2v) is 3.85. The molecule has 1 aliphatic rings. The molecule has 0 aromatic heterocycles. The van der Waals surface area contributed by atoms with Crippen LogP contribution >= 0.6 is 0 Å². The molecule has 0 aliphatic heterocycles. The van der Waals surface area contributed by atoms with Crippen LogP contribution in [0.2, 0.25) is 0 Å². The summed E-state index contributed by atoms with van der Waals surface area (Å²) in [4.78, 5) is 11.4. The number of rotatable bonds is 4. The number of unbranched alkanes of at least 4 members (excludes halogenated alkanes) is 1. The minimum Gasteiger partial charge on any atom is -0.494 e. The van der Waals surface area contributed by atoms with Crippen LogP contribution in [-0.4, -0.2) is 12.4 Å². The quantitative estimate of drug-likeness (QED) is 0.725. The molecule has 2 rings (SSSR count). The van der Waals surface area contributed by atoms with Gasteiger partial charge >= 0.3 is 0 Å². The lowest BCUT2D eigenvalue weighted by atomic mass is 10.1. The smallest absolute Gasteiger partial charge is 0.163 e. The Morgan fingerprint density at radius 2 is 2.25 bits per heavy atom. The number of fused-ring (bicyclic) bond motifs is 1. The molecule has 3 nitrogen and oxygen atoms in total. The third-order valence-electron chi connectivity index (χ3n) is 2.70. The Balaban J connectivity index is 1.97. The van der Waals surface area contributed by atoms with Crippen molar-refractivity contribution in [3.05, 3.63) is 29.3 Å². The third-order valence-corrected chi connectivity index (χ3v) is 2.70. The largest absolute Gasteiger partial charge is 0.494 e. The van der Waals surface area contributed by atoms with E-state index < -0.39 is 0 Å². The van der Waals surface area contributed by atoms with Crippen LogP contribution in [0.4, 0.5) is 0 Å². The summed E-state index contributed by atoms with van der Waals surface area (Å²) in [7, 11) is 0. The zero-order chi connectivity index (χ0) is 11.4. The van der Waals surface area contributed by atoms with Gasteiger partial charge in [0.1, 0.15) is 5.75 Å². The third kappa shape index (κ3) is 2.22. The monoisotopic (exact) mass is 215 g/mol. The topological polar surface area (TPSA) is 50.1 Å². The molecule has 3 heteroatoms. The van der Waals surface area contributed by atoms with Crippen molar-refractivity contribution in [2.45, 2.75) is 25.7 Å². The van der Waals surface area contributed by atoms with Gasteiger partial charge in [-0.2, -0.15) is 5.26 Å². The Labute approximate surface area is 94.6 Å². The SMILES string of the molecule is N#CCCCOc1ccc2c(c1)CCC2=O. The van der Waals surface area contributed by atoms with Gasteiger partial charge in [-0.15, -0.1) is 0 Å². The molecular formula is C13H13NO2. The summed E-state index contributed by atoms with van der Waals surface area (Å²) in [6, 6.07) is 7.68. The molecule has 0 amide bonds. The van der Waals surface area contributed by atoms with Crippen molar-refractivity contribution in [3.63, 3.8) is 0 Å². The van der Waals surface area contributed by atoms with E-state index >= 15 is 0 Å². The number of carbonyl (C=O) groups excluding carboxylic acids is 1. The van der Waals surface area contributed by atoms with E-state index in [1.54, 1.807) is 0 Å². The van der Waals surface area contributed by atoms with Crippen molar-refractivity contribution in [1.29, 1.82) is 5.26 Å². The second-order valence-electron chi connectivity index (χ2n) is 3.85. The fourth-order valence-electron chi connectivity index (χ4n) is 1.86. The Morgan fingerprint density at radius 3 is 3.06 bits per heavy atom.